The number of likely N-dealkylation sites (tertiary alicyclic amines) is 1. The van der Waals surface area contributed by atoms with E-state index >= 15 is 0 Å². The number of aromatic nitrogens is 2. The molecule has 1 fully saturated rings. The van der Waals surface area contributed by atoms with Crippen molar-refractivity contribution < 1.29 is 14.1 Å². The molecule has 2 heterocycles. The lowest BCUT2D eigenvalue weighted by atomic mass is 9.98. The maximum absolute atomic E-state index is 12.5. The molecule has 1 aromatic carbocycles. The summed E-state index contributed by atoms with van der Waals surface area (Å²) in [5.41, 5.74) is 1.46. The first-order valence-electron chi connectivity index (χ1n) is 8.66. The lowest BCUT2D eigenvalue weighted by molar-refractivity contribution is -0.127. The SMILES string of the molecule is CNC(=O)c1ccc(/C=C/C(=O)N2CCCC(c3nc(C)no3)C2)cc1. The molecule has 0 radical (unpaired) electrons. The van der Waals surface area contributed by atoms with Crippen LogP contribution in [0.2, 0.25) is 0 Å². The fraction of sp³-hybridized carbons (Fsp3) is 0.368. The molecule has 1 N–H and O–H groups in total. The quantitative estimate of drug-likeness (QED) is 0.850. The highest BCUT2D eigenvalue weighted by Gasteiger charge is 2.27. The Kier molecular flexibility index (Phi) is 5.46. The van der Waals surface area contributed by atoms with Crippen molar-refractivity contribution in [1.82, 2.24) is 20.4 Å². The third-order valence-electron chi connectivity index (χ3n) is 4.44. The van der Waals surface area contributed by atoms with E-state index in [0.29, 0.717) is 23.8 Å². The van der Waals surface area contributed by atoms with Gasteiger partial charge in [-0.2, -0.15) is 4.98 Å². The van der Waals surface area contributed by atoms with Crippen molar-refractivity contribution in [2.45, 2.75) is 25.7 Å². The van der Waals surface area contributed by atoms with E-state index < -0.39 is 0 Å². The largest absolute Gasteiger partial charge is 0.355 e. The number of nitrogens with zero attached hydrogens (tertiary/aromatic N) is 3. The number of piperidine rings is 1. The molecule has 1 unspecified atom stereocenters. The van der Waals surface area contributed by atoms with Gasteiger partial charge in [0.2, 0.25) is 11.8 Å². The average Bonchev–Trinajstić information content (AvgIpc) is 3.12. The number of hydrogen-bond acceptors (Lipinski definition) is 5. The van der Waals surface area contributed by atoms with Gasteiger partial charge in [0, 0.05) is 31.8 Å². The number of hydrogen-bond donors (Lipinski definition) is 1. The second kappa shape index (κ2) is 7.95. The molecule has 1 atom stereocenters. The van der Waals surface area contributed by atoms with Crippen LogP contribution in [0.5, 0.6) is 0 Å². The van der Waals surface area contributed by atoms with Crippen molar-refractivity contribution in [3.05, 3.63) is 53.2 Å². The molecule has 3 rings (SSSR count). The van der Waals surface area contributed by atoms with Gasteiger partial charge in [0.15, 0.2) is 5.82 Å². The van der Waals surface area contributed by atoms with Gasteiger partial charge in [0.1, 0.15) is 0 Å². The van der Waals surface area contributed by atoms with Gasteiger partial charge in [0.25, 0.3) is 5.91 Å². The molecule has 0 saturated carbocycles. The first kappa shape index (κ1) is 17.8. The van der Waals surface area contributed by atoms with E-state index in [1.165, 1.54) is 0 Å². The number of nitrogens with one attached hydrogen (secondary N) is 1. The minimum Gasteiger partial charge on any atom is -0.355 e. The summed E-state index contributed by atoms with van der Waals surface area (Å²) in [5.74, 6) is 1.14. The van der Waals surface area contributed by atoms with Crippen LogP contribution >= 0.6 is 0 Å². The van der Waals surface area contributed by atoms with Crippen LogP contribution in [0.1, 0.15) is 46.4 Å². The van der Waals surface area contributed by atoms with E-state index in [-0.39, 0.29) is 17.7 Å². The molecule has 0 spiro atoms. The molecule has 2 aromatic rings. The van der Waals surface area contributed by atoms with Gasteiger partial charge in [-0.05, 0) is 43.5 Å². The van der Waals surface area contributed by atoms with Gasteiger partial charge < -0.3 is 14.7 Å². The van der Waals surface area contributed by atoms with Gasteiger partial charge in [0.05, 0.1) is 5.92 Å². The second-order valence-corrected chi connectivity index (χ2v) is 6.34. The normalized spacial score (nSPS) is 17.5. The Hall–Kier alpha value is -2.96. The summed E-state index contributed by atoms with van der Waals surface area (Å²) in [4.78, 5) is 30.1. The lowest BCUT2D eigenvalue weighted by Crippen LogP contribution is -2.38. The molecule has 0 bridgehead atoms. The number of benzene rings is 1. The summed E-state index contributed by atoms with van der Waals surface area (Å²) in [6.07, 6.45) is 5.18. The molecule has 136 valence electrons. The average molecular weight is 354 g/mol. The molecular weight excluding hydrogens is 332 g/mol. The maximum Gasteiger partial charge on any atom is 0.251 e. The molecule has 1 aliphatic rings. The zero-order valence-corrected chi connectivity index (χ0v) is 14.9. The topological polar surface area (TPSA) is 88.3 Å². The highest BCUT2D eigenvalue weighted by atomic mass is 16.5. The summed E-state index contributed by atoms with van der Waals surface area (Å²) >= 11 is 0. The Morgan fingerprint density at radius 1 is 1.31 bits per heavy atom. The summed E-state index contributed by atoms with van der Waals surface area (Å²) in [6.45, 7) is 3.10. The Morgan fingerprint density at radius 2 is 2.08 bits per heavy atom. The summed E-state index contributed by atoms with van der Waals surface area (Å²) in [5, 5.41) is 6.41. The number of carbonyl (C=O) groups is 2. The summed E-state index contributed by atoms with van der Waals surface area (Å²) in [7, 11) is 1.59. The van der Waals surface area contributed by atoms with Crippen LogP contribution in [-0.4, -0.2) is 47.0 Å². The van der Waals surface area contributed by atoms with Crippen molar-refractivity contribution in [2.75, 3.05) is 20.1 Å². The molecule has 1 saturated heterocycles. The number of aryl methyl sites for hydroxylation is 1. The van der Waals surface area contributed by atoms with Gasteiger partial charge in [-0.3, -0.25) is 9.59 Å². The van der Waals surface area contributed by atoms with Gasteiger partial charge in [-0.25, -0.2) is 0 Å². The van der Waals surface area contributed by atoms with E-state index in [2.05, 4.69) is 15.5 Å². The Bertz CT molecular complexity index is 810. The molecule has 1 aliphatic heterocycles. The third-order valence-corrected chi connectivity index (χ3v) is 4.44. The van der Waals surface area contributed by atoms with E-state index in [4.69, 9.17) is 4.52 Å². The van der Waals surface area contributed by atoms with E-state index in [9.17, 15) is 9.59 Å². The molecule has 2 amide bonds. The monoisotopic (exact) mass is 354 g/mol. The lowest BCUT2D eigenvalue weighted by Gasteiger charge is -2.30. The highest BCUT2D eigenvalue weighted by Crippen LogP contribution is 2.25. The maximum atomic E-state index is 12.5. The Balaban J connectivity index is 1.61. The Labute approximate surface area is 152 Å². The van der Waals surface area contributed by atoms with Crippen molar-refractivity contribution in [3.63, 3.8) is 0 Å². The molecule has 26 heavy (non-hydrogen) atoms. The van der Waals surface area contributed by atoms with Crippen LogP contribution in [0, 0.1) is 6.92 Å². The van der Waals surface area contributed by atoms with Crippen molar-refractivity contribution in [2.24, 2.45) is 0 Å². The first-order valence-corrected chi connectivity index (χ1v) is 8.66. The van der Waals surface area contributed by atoms with E-state index in [1.807, 2.05) is 17.0 Å². The van der Waals surface area contributed by atoms with E-state index in [0.717, 1.165) is 24.9 Å². The van der Waals surface area contributed by atoms with Crippen LogP contribution in [-0.2, 0) is 4.79 Å². The standard InChI is InChI=1S/C19H22N4O3/c1-13-21-19(26-22-13)16-4-3-11-23(12-16)17(24)10-7-14-5-8-15(9-6-14)18(25)20-2/h5-10,16H,3-4,11-12H2,1-2H3,(H,20,25)/b10-7+. The highest BCUT2D eigenvalue weighted by molar-refractivity contribution is 5.94. The van der Waals surface area contributed by atoms with Gasteiger partial charge in [-0.1, -0.05) is 17.3 Å². The van der Waals surface area contributed by atoms with E-state index in [1.54, 1.807) is 38.3 Å². The third kappa shape index (κ3) is 4.17. The van der Waals surface area contributed by atoms with Gasteiger partial charge >= 0.3 is 0 Å². The van der Waals surface area contributed by atoms with Crippen molar-refractivity contribution in [3.8, 4) is 0 Å². The van der Waals surface area contributed by atoms with Crippen LogP contribution in [0.15, 0.2) is 34.9 Å². The summed E-state index contributed by atoms with van der Waals surface area (Å²) < 4.78 is 5.25. The number of amides is 2. The number of carbonyl (C=O) groups excluding carboxylic acids is 2. The van der Waals surface area contributed by atoms with Crippen LogP contribution in [0.25, 0.3) is 6.08 Å². The zero-order valence-electron chi connectivity index (χ0n) is 14.9. The summed E-state index contributed by atoms with van der Waals surface area (Å²) in [6, 6.07) is 7.10. The predicted octanol–water partition coefficient (Wildman–Crippen LogP) is 2.16. The van der Waals surface area contributed by atoms with Crippen LogP contribution in [0.4, 0.5) is 0 Å². The van der Waals surface area contributed by atoms with Crippen molar-refractivity contribution in [1.29, 1.82) is 0 Å². The fourth-order valence-corrected chi connectivity index (χ4v) is 3.02. The molecule has 0 aliphatic carbocycles. The van der Waals surface area contributed by atoms with Crippen molar-refractivity contribution >= 4 is 17.9 Å². The first-order chi connectivity index (χ1) is 12.6. The minimum absolute atomic E-state index is 0.0404. The Morgan fingerprint density at radius 3 is 2.73 bits per heavy atom. The molecule has 7 heteroatoms. The zero-order chi connectivity index (χ0) is 18.5. The molecular formula is C19H22N4O3. The van der Waals surface area contributed by atoms with Gasteiger partial charge in [-0.15, -0.1) is 0 Å². The molecule has 1 aromatic heterocycles. The smallest absolute Gasteiger partial charge is 0.251 e. The predicted molar refractivity (Wildman–Crippen MR) is 96.5 cm³/mol. The fourth-order valence-electron chi connectivity index (χ4n) is 3.02. The number of rotatable bonds is 4. The van der Waals surface area contributed by atoms with Crippen LogP contribution < -0.4 is 5.32 Å². The minimum atomic E-state index is -0.132. The molecule has 7 nitrogen and oxygen atoms in total. The van der Waals surface area contributed by atoms with Crippen LogP contribution in [0.3, 0.4) is 0 Å². The second-order valence-electron chi connectivity index (χ2n) is 6.34.